The summed E-state index contributed by atoms with van der Waals surface area (Å²) in [5.41, 5.74) is 2.91. The summed E-state index contributed by atoms with van der Waals surface area (Å²) in [4.78, 5) is 0. The molecule has 0 heterocycles. The molecule has 0 amide bonds. The minimum Gasteiger partial charge on any atom is -0.0847 e. The van der Waals surface area contributed by atoms with Crippen LogP contribution in [-0.4, -0.2) is 0 Å². The average Bonchev–Trinajstić information content (AvgIpc) is 2.65. The van der Waals surface area contributed by atoms with E-state index >= 15 is 0 Å². The Morgan fingerprint density at radius 3 is 2.67 bits per heavy atom. The molecule has 0 unspecified atom stereocenters. The van der Waals surface area contributed by atoms with Gasteiger partial charge in [0.25, 0.3) is 0 Å². The van der Waals surface area contributed by atoms with E-state index in [1.165, 1.54) is 25.7 Å². The van der Waals surface area contributed by atoms with Gasteiger partial charge in [0.15, 0.2) is 0 Å². The van der Waals surface area contributed by atoms with Gasteiger partial charge in [0, 0.05) is 0 Å². The lowest BCUT2D eigenvalue weighted by atomic mass is 9.69. The highest BCUT2D eigenvalue weighted by Crippen LogP contribution is 2.67. The van der Waals surface area contributed by atoms with Gasteiger partial charge < -0.3 is 0 Å². The van der Waals surface area contributed by atoms with Crippen LogP contribution in [0.2, 0.25) is 0 Å². The Balaban J connectivity index is 1.96. The van der Waals surface area contributed by atoms with Gasteiger partial charge in [-0.3, -0.25) is 0 Å². The minimum absolute atomic E-state index is 0.582. The molecule has 0 spiro atoms. The van der Waals surface area contributed by atoms with Crippen molar-refractivity contribution in [2.45, 2.75) is 53.4 Å². The summed E-state index contributed by atoms with van der Waals surface area (Å²) in [5.74, 6) is 3.03. The predicted molar refractivity (Wildman–Crippen MR) is 64.6 cm³/mol. The van der Waals surface area contributed by atoms with E-state index in [2.05, 4.69) is 33.8 Å². The maximum Gasteiger partial charge on any atom is -0.00568 e. The third kappa shape index (κ3) is 1.14. The van der Waals surface area contributed by atoms with Crippen LogP contribution in [0.15, 0.2) is 11.6 Å². The molecule has 0 aromatic rings. The van der Waals surface area contributed by atoms with E-state index in [0.717, 1.165) is 17.8 Å². The van der Waals surface area contributed by atoms with Crippen molar-refractivity contribution < 1.29 is 0 Å². The predicted octanol–water partition coefficient (Wildman–Crippen LogP) is 4.42. The van der Waals surface area contributed by atoms with Crippen molar-refractivity contribution in [3.05, 3.63) is 11.6 Å². The van der Waals surface area contributed by atoms with Crippen LogP contribution in [0.1, 0.15) is 53.4 Å². The minimum atomic E-state index is 0.582. The SMILES string of the molecule is CC1=CC[C@@H]2C[C@H]3CC(C)(C)C[C@H]3[C@]12C. The standard InChI is InChI=1S/C15H24/c1-10-5-6-12-7-11-8-14(2,3)9-13(11)15(10,12)4/h5,11-13H,6-9H2,1-4H3/t11-,12+,13+,15+/m0/s1. The molecule has 15 heavy (non-hydrogen) atoms. The van der Waals surface area contributed by atoms with Gasteiger partial charge in [0.2, 0.25) is 0 Å². The highest BCUT2D eigenvalue weighted by molar-refractivity contribution is 5.26. The van der Waals surface area contributed by atoms with Crippen molar-refractivity contribution in [1.29, 1.82) is 0 Å². The summed E-state index contributed by atoms with van der Waals surface area (Å²) < 4.78 is 0. The van der Waals surface area contributed by atoms with Crippen LogP contribution in [0.5, 0.6) is 0 Å². The average molecular weight is 204 g/mol. The highest BCUT2D eigenvalue weighted by Gasteiger charge is 2.58. The third-order valence-electron chi connectivity index (χ3n) is 5.92. The second-order valence-corrected chi connectivity index (χ2v) is 7.28. The molecular formula is C15H24. The van der Waals surface area contributed by atoms with E-state index in [0.29, 0.717) is 10.8 Å². The fraction of sp³-hybridized carbons (Fsp3) is 0.867. The first-order valence-corrected chi connectivity index (χ1v) is 6.61. The molecule has 0 radical (unpaired) electrons. The third-order valence-corrected chi connectivity index (χ3v) is 5.92. The molecule has 3 aliphatic carbocycles. The largest absolute Gasteiger partial charge is 0.0847 e. The summed E-state index contributed by atoms with van der Waals surface area (Å²) in [6, 6.07) is 0. The Labute approximate surface area is 94.1 Å². The fourth-order valence-electron chi connectivity index (χ4n) is 5.05. The van der Waals surface area contributed by atoms with E-state index in [4.69, 9.17) is 0 Å². The normalized spacial score (nSPS) is 51.5. The Hall–Kier alpha value is -0.260. The van der Waals surface area contributed by atoms with E-state index < -0.39 is 0 Å². The van der Waals surface area contributed by atoms with Gasteiger partial charge in [0.1, 0.15) is 0 Å². The molecule has 0 heteroatoms. The Morgan fingerprint density at radius 1 is 1.20 bits per heavy atom. The van der Waals surface area contributed by atoms with Gasteiger partial charge in [0.05, 0.1) is 0 Å². The first kappa shape index (κ1) is 9.93. The molecule has 2 saturated carbocycles. The van der Waals surface area contributed by atoms with Gasteiger partial charge in [-0.25, -0.2) is 0 Å². The number of allylic oxidation sites excluding steroid dienone is 2. The van der Waals surface area contributed by atoms with E-state index in [9.17, 15) is 0 Å². The van der Waals surface area contributed by atoms with Crippen molar-refractivity contribution in [3.63, 3.8) is 0 Å². The van der Waals surface area contributed by atoms with Crippen LogP contribution in [0.3, 0.4) is 0 Å². The first-order chi connectivity index (χ1) is 6.93. The number of hydrogen-bond donors (Lipinski definition) is 0. The van der Waals surface area contributed by atoms with E-state index in [-0.39, 0.29) is 0 Å². The lowest BCUT2D eigenvalue weighted by Crippen LogP contribution is -2.27. The van der Waals surface area contributed by atoms with Crippen LogP contribution < -0.4 is 0 Å². The van der Waals surface area contributed by atoms with Crippen molar-refractivity contribution in [3.8, 4) is 0 Å². The van der Waals surface area contributed by atoms with E-state index in [1.54, 1.807) is 5.57 Å². The van der Waals surface area contributed by atoms with Crippen molar-refractivity contribution >= 4 is 0 Å². The van der Waals surface area contributed by atoms with Crippen molar-refractivity contribution in [2.24, 2.45) is 28.6 Å². The van der Waals surface area contributed by atoms with Crippen LogP contribution in [0.25, 0.3) is 0 Å². The summed E-state index contributed by atoms with van der Waals surface area (Å²) in [7, 11) is 0. The molecule has 0 aliphatic heterocycles. The van der Waals surface area contributed by atoms with Crippen LogP contribution in [-0.2, 0) is 0 Å². The molecule has 0 aromatic heterocycles. The number of fused-ring (bicyclic) bond motifs is 3. The lowest BCUT2D eigenvalue weighted by Gasteiger charge is -2.35. The fourth-order valence-corrected chi connectivity index (χ4v) is 5.05. The Kier molecular flexibility index (Phi) is 1.79. The van der Waals surface area contributed by atoms with Gasteiger partial charge >= 0.3 is 0 Å². The maximum atomic E-state index is 2.56. The topological polar surface area (TPSA) is 0 Å². The van der Waals surface area contributed by atoms with E-state index in [1.807, 2.05) is 0 Å². The van der Waals surface area contributed by atoms with Crippen LogP contribution in [0.4, 0.5) is 0 Å². The summed E-state index contributed by atoms with van der Waals surface area (Å²) >= 11 is 0. The highest BCUT2D eigenvalue weighted by atomic mass is 14.6. The monoisotopic (exact) mass is 204 g/mol. The molecule has 4 atom stereocenters. The van der Waals surface area contributed by atoms with Crippen LogP contribution >= 0.6 is 0 Å². The molecule has 0 nitrogen and oxygen atoms in total. The molecule has 0 aromatic carbocycles. The summed E-state index contributed by atoms with van der Waals surface area (Å²) in [6.07, 6.45) is 8.35. The number of hydrogen-bond acceptors (Lipinski definition) is 0. The molecule has 3 rings (SSSR count). The van der Waals surface area contributed by atoms with Gasteiger partial charge in [-0.15, -0.1) is 0 Å². The van der Waals surface area contributed by atoms with Crippen molar-refractivity contribution in [1.82, 2.24) is 0 Å². The zero-order valence-corrected chi connectivity index (χ0v) is 10.6. The smallest absolute Gasteiger partial charge is 0.00568 e. The van der Waals surface area contributed by atoms with Gasteiger partial charge in [-0.1, -0.05) is 32.4 Å². The zero-order chi connectivity index (χ0) is 10.8. The van der Waals surface area contributed by atoms with Crippen LogP contribution in [0, 0.1) is 28.6 Å². The number of rotatable bonds is 0. The Morgan fingerprint density at radius 2 is 1.93 bits per heavy atom. The van der Waals surface area contributed by atoms with Gasteiger partial charge in [-0.05, 0) is 61.2 Å². The molecular weight excluding hydrogens is 180 g/mol. The molecule has 84 valence electrons. The molecule has 2 fully saturated rings. The molecule has 0 saturated heterocycles. The lowest BCUT2D eigenvalue weighted by molar-refractivity contribution is 0.198. The molecule has 3 aliphatic rings. The Bertz CT molecular complexity index is 323. The second kappa shape index (κ2) is 2.70. The van der Waals surface area contributed by atoms with Gasteiger partial charge in [-0.2, -0.15) is 0 Å². The molecule has 0 bridgehead atoms. The molecule has 0 N–H and O–H groups in total. The second-order valence-electron chi connectivity index (χ2n) is 7.28. The quantitative estimate of drug-likeness (QED) is 0.513. The maximum absolute atomic E-state index is 2.56. The zero-order valence-electron chi connectivity index (χ0n) is 10.6. The summed E-state index contributed by atoms with van der Waals surface area (Å²) in [5, 5.41) is 0. The summed E-state index contributed by atoms with van der Waals surface area (Å²) in [6.45, 7) is 9.88. The van der Waals surface area contributed by atoms with Crippen molar-refractivity contribution in [2.75, 3.05) is 0 Å². The first-order valence-electron chi connectivity index (χ1n) is 6.61.